The van der Waals surface area contributed by atoms with Crippen molar-refractivity contribution in [2.45, 2.75) is 32.8 Å². The average molecular weight is 455 g/mol. The Morgan fingerprint density at radius 1 is 1.28 bits per heavy atom. The number of carbonyl (C=O) groups excluding carboxylic acids is 1. The van der Waals surface area contributed by atoms with Gasteiger partial charge in [-0.2, -0.15) is 4.98 Å². The summed E-state index contributed by atoms with van der Waals surface area (Å²) < 4.78 is 17.8. The molecule has 0 aliphatic rings. The third-order valence-electron chi connectivity index (χ3n) is 5.01. The summed E-state index contributed by atoms with van der Waals surface area (Å²) in [7, 11) is 3.36. The van der Waals surface area contributed by atoms with Crippen LogP contribution in [0, 0.1) is 0 Å². The van der Waals surface area contributed by atoms with Gasteiger partial charge in [0.2, 0.25) is 11.7 Å². The monoisotopic (exact) mass is 454 g/mol. The number of esters is 1. The van der Waals surface area contributed by atoms with E-state index in [1.54, 1.807) is 12.3 Å². The van der Waals surface area contributed by atoms with Crippen LogP contribution in [-0.2, 0) is 23.0 Å². The number of hydrogen-bond donors (Lipinski definition) is 0. The van der Waals surface area contributed by atoms with Crippen LogP contribution in [0.1, 0.15) is 25.8 Å². The molecule has 0 aliphatic carbocycles. The van der Waals surface area contributed by atoms with Gasteiger partial charge in [0.1, 0.15) is 5.02 Å². The topological polar surface area (TPSA) is 92.3 Å². The number of halogens is 1. The molecule has 8 nitrogen and oxygen atoms in total. The lowest BCUT2D eigenvalue weighted by molar-refractivity contribution is -0.140. The molecule has 4 rings (SSSR count). The Balaban J connectivity index is 1.67. The Morgan fingerprint density at radius 2 is 2.09 bits per heavy atom. The first-order chi connectivity index (χ1) is 15.4. The van der Waals surface area contributed by atoms with Crippen molar-refractivity contribution in [2.24, 2.45) is 7.05 Å². The number of aromatic nitrogens is 4. The number of nitrogens with zero attached hydrogens (tertiary/aromatic N) is 4. The predicted molar refractivity (Wildman–Crippen MR) is 121 cm³/mol. The molecular formula is C23H23ClN4O4. The maximum Gasteiger partial charge on any atom is 0.305 e. The number of carbonyl (C=O) groups is 1. The second-order valence-electron chi connectivity index (χ2n) is 7.64. The largest absolute Gasteiger partial charge is 0.474 e. The van der Waals surface area contributed by atoms with E-state index in [0.717, 1.165) is 22.0 Å². The van der Waals surface area contributed by atoms with Crippen LogP contribution in [0.3, 0.4) is 0 Å². The van der Waals surface area contributed by atoms with Crippen LogP contribution in [0.5, 0.6) is 5.88 Å². The predicted octanol–water partition coefficient (Wildman–Crippen LogP) is 4.84. The maximum absolute atomic E-state index is 11.6. The summed E-state index contributed by atoms with van der Waals surface area (Å²) in [6.07, 6.45) is 4.41. The van der Waals surface area contributed by atoms with Gasteiger partial charge in [0.15, 0.2) is 0 Å². The Morgan fingerprint density at radius 3 is 2.81 bits per heavy atom. The fraction of sp³-hybridized carbons (Fsp3) is 0.304. The molecule has 166 valence electrons. The number of fused-ring (bicyclic) bond motifs is 1. The zero-order valence-electron chi connectivity index (χ0n) is 18.3. The van der Waals surface area contributed by atoms with Gasteiger partial charge in [-0.05, 0) is 38.0 Å². The molecule has 0 bridgehead atoms. The third kappa shape index (κ3) is 4.31. The third-order valence-corrected chi connectivity index (χ3v) is 5.28. The van der Waals surface area contributed by atoms with E-state index in [2.05, 4.69) is 15.1 Å². The maximum atomic E-state index is 11.6. The molecular weight excluding hydrogens is 432 g/mol. The number of ether oxygens (including phenoxy) is 2. The fourth-order valence-electron chi connectivity index (χ4n) is 3.54. The van der Waals surface area contributed by atoms with Crippen molar-refractivity contribution in [3.05, 3.63) is 47.2 Å². The molecule has 0 fully saturated rings. The number of methoxy groups -OCH3 is 1. The zero-order valence-corrected chi connectivity index (χ0v) is 19.0. The van der Waals surface area contributed by atoms with Crippen molar-refractivity contribution >= 4 is 28.5 Å². The van der Waals surface area contributed by atoms with Crippen molar-refractivity contribution < 1.29 is 18.8 Å². The van der Waals surface area contributed by atoms with Gasteiger partial charge in [0.25, 0.3) is 5.89 Å². The molecule has 0 N–H and O–H groups in total. The van der Waals surface area contributed by atoms with E-state index in [4.69, 9.17) is 25.6 Å². The minimum absolute atomic E-state index is 0.0373. The summed E-state index contributed by atoms with van der Waals surface area (Å²) in [5.41, 5.74) is 3.49. The molecule has 3 aromatic heterocycles. The highest BCUT2D eigenvalue weighted by Crippen LogP contribution is 2.33. The molecule has 0 amide bonds. The number of aryl methyl sites for hydroxylation is 2. The molecule has 0 spiro atoms. The van der Waals surface area contributed by atoms with Crippen LogP contribution in [-0.4, -0.2) is 38.9 Å². The normalized spacial score (nSPS) is 11.3. The highest BCUT2D eigenvalue weighted by molar-refractivity contribution is 6.32. The van der Waals surface area contributed by atoms with Crippen molar-refractivity contribution in [1.82, 2.24) is 19.7 Å². The lowest BCUT2D eigenvalue weighted by atomic mass is 10.0. The minimum Gasteiger partial charge on any atom is -0.474 e. The Kier molecular flexibility index (Phi) is 6.14. The molecule has 3 heterocycles. The molecule has 4 aromatic rings. The SMILES string of the molecule is COC(=O)CCc1ccc(-c2noc(-c3cnc(OC(C)C)c(Cl)c3)n2)c2ccn(C)c12. The summed E-state index contributed by atoms with van der Waals surface area (Å²) in [5, 5.41) is 5.51. The highest BCUT2D eigenvalue weighted by atomic mass is 35.5. The van der Waals surface area contributed by atoms with Crippen molar-refractivity contribution in [2.75, 3.05) is 7.11 Å². The summed E-state index contributed by atoms with van der Waals surface area (Å²) in [4.78, 5) is 20.4. The Labute approximate surface area is 190 Å². The van der Waals surface area contributed by atoms with Crippen LogP contribution in [0.15, 0.2) is 41.2 Å². The first-order valence-corrected chi connectivity index (χ1v) is 10.6. The van der Waals surface area contributed by atoms with Crippen molar-refractivity contribution in [3.8, 4) is 28.7 Å². The smallest absolute Gasteiger partial charge is 0.305 e. The van der Waals surface area contributed by atoms with E-state index < -0.39 is 0 Å². The van der Waals surface area contributed by atoms with E-state index in [1.807, 2.05) is 49.9 Å². The second kappa shape index (κ2) is 9.00. The summed E-state index contributed by atoms with van der Waals surface area (Å²) in [5.74, 6) is 0.883. The molecule has 0 saturated heterocycles. The van der Waals surface area contributed by atoms with E-state index in [9.17, 15) is 4.79 Å². The molecule has 0 atom stereocenters. The van der Waals surface area contributed by atoms with Gasteiger partial charge in [-0.15, -0.1) is 0 Å². The summed E-state index contributed by atoms with van der Waals surface area (Å²) in [6, 6.07) is 7.61. The highest BCUT2D eigenvalue weighted by Gasteiger charge is 2.18. The molecule has 0 aliphatic heterocycles. The summed E-state index contributed by atoms with van der Waals surface area (Å²) in [6.45, 7) is 3.81. The van der Waals surface area contributed by atoms with Crippen LogP contribution < -0.4 is 4.74 Å². The standard InChI is InChI=1S/C23H23ClN4O4/c1-13(2)31-23-18(24)11-15(12-25-23)22-26-21(27-32-22)17-7-5-14(6-8-19(29)30-4)20-16(17)9-10-28(20)3/h5,7,9-13H,6,8H2,1-4H3. The Bertz CT molecular complexity index is 1280. The molecule has 1 aromatic carbocycles. The van der Waals surface area contributed by atoms with Gasteiger partial charge in [0, 0.05) is 36.8 Å². The van der Waals surface area contributed by atoms with E-state index in [-0.39, 0.29) is 12.1 Å². The van der Waals surface area contributed by atoms with Crippen molar-refractivity contribution in [1.29, 1.82) is 0 Å². The first-order valence-electron chi connectivity index (χ1n) is 10.2. The van der Waals surface area contributed by atoms with E-state index >= 15 is 0 Å². The van der Waals surface area contributed by atoms with E-state index in [1.165, 1.54) is 7.11 Å². The minimum atomic E-state index is -0.240. The van der Waals surface area contributed by atoms with Crippen LogP contribution in [0.2, 0.25) is 5.02 Å². The van der Waals surface area contributed by atoms with Gasteiger partial charge in [0.05, 0.1) is 24.3 Å². The average Bonchev–Trinajstić information content (AvgIpc) is 3.41. The van der Waals surface area contributed by atoms with Gasteiger partial charge in [-0.3, -0.25) is 4.79 Å². The number of rotatable bonds is 7. The first kappa shape index (κ1) is 21.8. The quantitative estimate of drug-likeness (QED) is 0.369. The molecule has 0 unspecified atom stereocenters. The van der Waals surface area contributed by atoms with Crippen molar-refractivity contribution in [3.63, 3.8) is 0 Å². The number of benzene rings is 1. The van der Waals surface area contributed by atoms with Gasteiger partial charge >= 0.3 is 5.97 Å². The van der Waals surface area contributed by atoms with Gasteiger partial charge < -0.3 is 18.6 Å². The van der Waals surface area contributed by atoms with Crippen LogP contribution >= 0.6 is 11.6 Å². The van der Waals surface area contributed by atoms with Gasteiger partial charge in [-0.25, -0.2) is 4.98 Å². The molecule has 9 heteroatoms. The van der Waals surface area contributed by atoms with Gasteiger partial charge in [-0.1, -0.05) is 28.9 Å². The molecule has 0 radical (unpaired) electrons. The zero-order chi connectivity index (χ0) is 22.8. The van der Waals surface area contributed by atoms with Crippen LogP contribution in [0.4, 0.5) is 0 Å². The van der Waals surface area contributed by atoms with Crippen LogP contribution in [0.25, 0.3) is 33.7 Å². The molecule has 32 heavy (non-hydrogen) atoms. The van der Waals surface area contributed by atoms with E-state index in [0.29, 0.717) is 41.0 Å². The number of pyridine rings is 1. The fourth-order valence-corrected chi connectivity index (χ4v) is 3.75. The lowest BCUT2D eigenvalue weighted by Gasteiger charge is -2.09. The number of hydrogen-bond acceptors (Lipinski definition) is 7. The second-order valence-corrected chi connectivity index (χ2v) is 8.05. The molecule has 0 saturated carbocycles. The lowest BCUT2D eigenvalue weighted by Crippen LogP contribution is -2.07. The summed E-state index contributed by atoms with van der Waals surface area (Å²) >= 11 is 6.29. The Hall–Kier alpha value is -3.39.